The normalized spacial score (nSPS) is 25.5. The van der Waals surface area contributed by atoms with E-state index in [4.69, 9.17) is 4.74 Å². The van der Waals surface area contributed by atoms with E-state index in [2.05, 4.69) is 36.5 Å². The summed E-state index contributed by atoms with van der Waals surface area (Å²) in [6.07, 6.45) is 16.7. The average molecular weight is 303 g/mol. The van der Waals surface area contributed by atoms with Crippen LogP contribution in [0.25, 0.3) is 0 Å². The summed E-state index contributed by atoms with van der Waals surface area (Å²) in [5.41, 5.74) is 2.80. The maximum atomic E-state index is 11.4. The molecule has 2 aliphatic rings. The van der Waals surface area contributed by atoms with Gasteiger partial charge in [-0.25, -0.2) is 0 Å². The van der Waals surface area contributed by atoms with Crippen molar-refractivity contribution in [3.05, 3.63) is 35.6 Å². The molecule has 22 heavy (non-hydrogen) atoms. The third kappa shape index (κ3) is 5.36. The van der Waals surface area contributed by atoms with E-state index < -0.39 is 0 Å². The van der Waals surface area contributed by atoms with Crippen LogP contribution in [0.5, 0.6) is 0 Å². The van der Waals surface area contributed by atoms with Gasteiger partial charge in [-0.05, 0) is 57.3 Å². The highest BCUT2D eigenvalue weighted by Crippen LogP contribution is 2.28. The van der Waals surface area contributed by atoms with Crippen LogP contribution in [-0.2, 0) is 9.53 Å². The molecule has 1 unspecified atom stereocenters. The molecule has 3 nitrogen and oxygen atoms in total. The molecule has 2 aliphatic carbocycles. The number of carbonyl (C=O) groups is 1. The van der Waals surface area contributed by atoms with Crippen LogP contribution in [0.1, 0.15) is 51.9 Å². The number of methoxy groups -OCH3 is 1. The van der Waals surface area contributed by atoms with Gasteiger partial charge >= 0.3 is 5.97 Å². The Morgan fingerprint density at radius 2 is 2.27 bits per heavy atom. The van der Waals surface area contributed by atoms with Gasteiger partial charge in [-0.2, -0.15) is 0 Å². The molecule has 0 aromatic heterocycles. The fourth-order valence-electron chi connectivity index (χ4n) is 3.31. The van der Waals surface area contributed by atoms with Gasteiger partial charge in [0.15, 0.2) is 0 Å². The van der Waals surface area contributed by atoms with Gasteiger partial charge in [-0.1, -0.05) is 29.9 Å². The Kier molecular flexibility index (Phi) is 6.75. The number of esters is 1. The van der Waals surface area contributed by atoms with Gasteiger partial charge in [-0.3, -0.25) is 4.79 Å². The van der Waals surface area contributed by atoms with E-state index in [1.54, 1.807) is 0 Å². The lowest BCUT2D eigenvalue weighted by atomic mass is 9.86. The Bertz CT molecular complexity index is 462. The van der Waals surface area contributed by atoms with Crippen LogP contribution >= 0.6 is 0 Å². The van der Waals surface area contributed by atoms with E-state index in [0.29, 0.717) is 18.3 Å². The first-order valence-corrected chi connectivity index (χ1v) is 8.60. The van der Waals surface area contributed by atoms with E-state index >= 15 is 0 Å². The molecule has 3 heteroatoms. The maximum Gasteiger partial charge on any atom is 0.306 e. The van der Waals surface area contributed by atoms with Crippen molar-refractivity contribution in [2.45, 2.75) is 51.9 Å². The third-order valence-corrected chi connectivity index (χ3v) is 4.58. The van der Waals surface area contributed by atoms with Crippen LogP contribution in [0.4, 0.5) is 0 Å². The van der Waals surface area contributed by atoms with Crippen molar-refractivity contribution in [3.63, 3.8) is 0 Å². The summed E-state index contributed by atoms with van der Waals surface area (Å²) in [7, 11) is 1.47. The number of rotatable bonds is 6. The molecule has 0 aromatic rings. The van der Waals surface area contributed by atoms with E-state index in [-0.39, 0.29) is 5.97 Å². The van der Waals surface area contributed by atoms with Gasteiger partial charge in [0, 0.05) is 12.2 Å². The molecule has 0 saturated carbocycles. The number of allylic oxidation sites excluding steroid dienone is 6. The predicted octanol–water partition coefficient (Wildman–Crippen LogP) is 4.13. The van der Waals surface area contributed by atoms with E-state index in [9.17, 15) is 4.79 Å². The summed E-state index contributed by atoms with van der Waals surface area (Å²) in [6.45, 7) is 3.16. The van der Waals surface area contributed by atoms with Gasteiger partial charge in [-0.15, -0.1) is 0 Å². The smallest absolute Gasteiger partial charge is 0.306 e. The topological polar surface area (TPSA) is 38.3 Å². The quantitative estimate of drug-likeness (QED) is 0.750. The molecule has 0 spiro atoms. The fraction of sp³-hybridized carbons (Fsp3) is 0.632. The van der Waals surface area contributed by atoms with Gasteiger partial charge in [0.1, 0.15) is 0 Å². The minimum absolute atomic E-state index is 0.0974. The van der Waals surface area contributed by atoms with Gasteiger partial charge < -0.3 is 10.1 Å². The van der Waals surface area contributed by atoms with Crippen molar-refractivity contribution in [1.82, 2.24) is 5.32 Å². The van der Waals surface area contributed by atoms with Crippen LogP contribution in [0.15, 0.2) is 35.6 Å². The maximum absolute atomic E-state index is 11.4. The number of hydrogen-bond donors (Lipinski definition) is 1. The minimum atomic E-state index is -0.0974. The number of carbonyl (C=O) groups excluding carboxylic acids is 1. The Morgan fingerprint density at radius 3 is 2.95 bits per heavy atom. The lowest BCUT2D eigenvalue weighted by molar-refractivity contribution is -0.141. The zero-order valence-electron chi connectivity index (χ0n) is 13.9. The van der Waals surface area contributed by atoms with Crippen molar-refractivity contribution >= 4 is 5.97 Å². The molecule has 0 aromatic carbocycles. The Hall–Kier alpha value is -1.51. The second-order valence-electron chi connectivity index (χ2n) is 6.33. The standard InChI is InChI=1S/C19H29NO2/c1-3-20-18-11-9-15(10-12-18)7-8-16-5-4-6-17(13-16)14-19(21)22-2/h7-8,11,13,15,17,20H,3-6,9-10,12,14H2,1-2H3/b8-7+/t15?,17-/m1/s1. The Balaban J connectivity index is 1.86. The molecule has 0 radical (unpaired) electrons. The average Bonchev–Trinajstić information content (AvgIpc) is 2.55. The highest BCUT2D eigenvalue weighted by Gasteiger charge is 2.17. The SMILES string of the molecule is CCNC1=CCC(/C=C/C2=C[C@H](CC(=O)OC)CCC2)CC1. The Labute approximate surface area is 134 Å². The molecule has 0 saturated heterocycles. The molecule has 0 aliphatic heterocycles. The third-order valence-electron chi connectivity index (χ3n) is 4.58. The van der Waals surface area contributed by atoms with Crippen molar-refractivity contribution in [1.29, 1.82) is 0 Å². The highest BCUT2D eigenvalue weighted by atomic mass is 16.5. The van der Waals surface area contributed by atoms with Crippen LogP contribution in [0.3, 0.4) is 0 Å². The Morgan fingerprint density at radius 1 is 1.41 bits per heavy atom. The van der Waals surface area contributed by atoms with Crippen LogP contribution in [-0.4, -0.2) is 19.6 Å². The molecule has 2 atom stereocenters. The summed E-state index contributed by atoms with van der Waals surface area (Å²) in [4.78, 5) is 11.4. The molecule has 2 rings (SSSR count). The molecule has 0 amide bonds. The summed E-state index contributed by atoms with van der Waals surface area (Å²) in [6, 6.07) is 0. The van der Waals surface area contributed by atoms with Gasteiger partial charge in [0.05, 0.1) is 13.5 Å². The first-order chi connectivity index (χ1) is 10.7. The molecule has 0 fully saturated rings. The van der Waals surface area contributed by atoms with Crippen molar-refractivity contribution in [3.8, 4) is 0 Å². The van der Waals surface area contributed by atoms with Crippen LogP contribution < -0.4 is 5.32 Å². The van der Waals surface area contributed by atoms with E-state index in [1.807, 2.05) is 0 Å². The molecular weight excluding hydrogens is 274 g/mol. The van der Waals surface area contributed by atoms with Gasteiger partial charge in [0.2, 0.25) is 0 Å². The fourth-order valence-corrected chi connectivity index (χ4v) is 3.31. The minimum Gasteiger partial charge on any atom is -0.469 e. The second-order valence-corrected chi connectivity index (χ2v) is 6.33. The summed E-state index contributed by atoms with van der Waals surface area (Å²) in [5, 5.41) is 3.42. The first kappa shape index (κ1) is 16.9. The molecule has 0 bridgehead atoms. The number of ether oxygens (including phenoxy) is 1. The van der Waals surface area contributed by atoms with Crippen molar-refractivity contribution in [2.24, 2.45) is 11.8 Å². The summed E-state index contributed by atoms with van der Waals surface area (Å²) >= 11 is 0. The van der Waals surface area contributed by atoms with Crippen molar-refractivity contribution < 1.29 is 9.53 Å². The summed E-state index contributed by atoms with van der Waals surface area (Å²) < 4.78 is 4.77. The zero-order valence-corrected chi connectivity index (χ0v) is 13.9. The van der Waals surface area contributed by atoms with E-state index in [0.717, 1.165) is 32.2 Å². The molecule has 0 heterocycles. The molecule has 122 valence electrons. The molecular formula is C19H29NO2. The zero-order chi connectivity index (χ0) is 15.8. The predicted molar refractivity (Wildman–Crippen MR) is 90.3 cm³/mol. The monoisotopic (exact) mass is 303 g/mol. The molecule has 1 N–H and O–H groups in total. The van der Waals surface area contributed by atoms with Crippen molar-refractivity contribution in [2.75, 3.05) is 13.7 Å². The number of nitrogens with one attached hydrogen (secondary N) is 1. The highest BCUT2D eigenvalue weighted by molar-refractivity contribution is 5.69. The van der Waals surface area contributed by atoms with E-state index in [1.165, 1.54) is 31.2 Å². The van der Waals surface area contributed by atoms with Gasteiger partial charge in [0.25, 0.3) is 0 Å². The largest absolute Gasteiger partial charge is 0.469 e. The lowest BCUT2D eigenvalue weighted by Crippen LogP contribution is -2.16. The van der Waals surface area contributed by atoms with Crippen LogP contribution in [0.2, 0.25) is 0 Å². The summed E-state index contributed by atoms with van der Waals surface area (Å²) in [5.74, 6) is 0.914. The lowest BCUT2D eigenvalue weighted by Gasteiger charge is -2.21. The first-order valence-electron chi connectivity index (χ1n) is 8.60. The number of hydrogen-bond acceptors (Lipinski definition) is 3. The van der Waals surface area contributed by atoms with Crippen LogP contribution in [0, 0.1) is 11.8 Å². The second kappa shape index (κ2) is 8.82.